The van der Waals surface area contributed by atoms with Gasteiger partial charge in [-0.15, -0.1) is 0 Å². The summed E-state index contributed by atoms with van der Waals surface area (Å²) in [6.07, 6.45) is 0.0437. The number of hydrogen-bond acceptors (Lipinski definition) is 2. The lowest BCUT2D eigenvalue weighted by Gasteiger charge is -2.22. The van der Waals surface area contributed by atoms with E-state index in [-0.39, 0.29) is 6.10 Å². The van der Waals surface area contributed by atoms with E-state index in [1.165, 1.54) is 0 Å². The van der Waals surface area contributed by atoms with Gasteiger partial charge in [-0.25, -0.2) is 0 Å². The van der Waals surface area contributed by atoms with Gasteiger partial charge in [-0.3, -0.25) is 0 Å². The van der Waals surface area contributed by atoms with Crippen LogP contribution in [0.3, 0.4) is 0 Å². The van der Waals surface area contributed by atoms with Crippen molar-refractivity contribution in [2.75, 3.05) is 6.54 Å². The Morgan fingerprint density at radius 2 is 2.07 bits per heavy atom. The third-order valence-electron chi connectivity index (χ3n) is 2.40. The zero-order valence-corrected chi connectivity index (χ0v) is 10.2. The van der Waals surface area contributed by atoms with Gasteiger partial charge in [0.15, 0.2) is 0 Å². The first kappa shape index (κ1) is 12.3. The fourth-order valence-corrected chi connectivity index (χ4v) is 1.48. The van der Waals surface area contributed by atoms with Gasteiger partial charge in [0.2, 0.25) is 0 Å². The third kappa shape index (κ3) is 3.40. The topological polar surface area (TPSA) is 35.2 Å². The Balaban J connectivity index is 2.82. The van der Waals surface area contributed by atoms with Gasteiger partial charge in [0.05, 0.1) is 0 Å². The molecular weight excluding hydrogens is 210 g/mol. The highest BCUT2D eigenvalue weighted by molar-refractivity contribution is 6.30. The van der Waals surface area contributed by atoms with Crippen LogP contribution in [0.5, 0.6) is 5.75 Å². The van der Waals surface area contributed by atoms with Crippen LogP contribution in [-0.2, 0) is 0 Å². The number of halogens is 1. The van der Waals surface area contributed by atoms with Crippen LogP contribution in [0, 0.1) is 12.8 Å². The molecule has 0 aliphatic heterocycles. The summed E-state index contributed by atoms with van der Waals surface area (Å²) in [5.74, 6) is 1.22. The van der Waals surface area contributed by atoms with Crippen molar-refractivity contribution in [3.05, 3.63) is 28.8 Å². The second kappa shape index (κ2) is 5.38. The van der Waals surface area contributed by atoms with E-state index < -0.39 is 0 Å². The summed E-state index contributed by atoms with van der Waals surface area (Å²) in [7, 11) is 0. The molecule has 1 unspecified atom stereocenters. The molecule has 15 heavy (non-hydrogen) atoms. The molecule has 0 aromatic heterocycles. The zero-order valence-electron chi connectivity index (χ0n) is 9.46. The van der Waals surface area contributed by atoms with Crippen LogP contribution in [0.15, 0.2) is 18.2 Å². The number of hydrogen-bond donors (Lipinski definition) is 1. The second-order valence-electron chi connectivity index (χ2n) is 4.05. The van der Waals surface area contributed by atoms with Crippen molar-refractivity contribution in [2.24, 2.45) is 11.7 Å². The lowest BCUT2D eigenvalue weighted by Crippen LogP contribution is -2.31. The Morgan fingerprint density at radius 1 is 1.40 bits per heavy atom. The highest BCUT2D eigenvalue weighted by atomic mass is 35.5. The quantitative estimate of drug-likeness (QED) is 0.858. The fourth-order valence-electron chi connectivity index (χ4n) is 1.32. The van der Waals surface area contributed by atoms with E-state index in [0.717, 1.165) is 11.3 Å². The number of nitrogens with two attached hydrogens (primary N) is 1. The Bertz CT molecular complexity index is 325. The average molecular weight is 228 g/mol. The molecule has 0 bridgehead atoms. The van der Waals surface area contributed by atoms with Gasteiger partial charge in [-0.1, -0.05) is 31.5 Å². The van der Waals surface area contributed by atoms with Crippen molar-refractivity contribution in [3.63, 3.8) is 0 Å². The lowest BCUT2D eigenvalue weighted by molar-refractivity contribution is 0.158. The summed E-state index contributed by atoms with van der Waals surface area (Å²) in [5, 5.41) is 0.690. The Hall–Kier alpha value is -0.730. The molecule has 0 saturated carbocycles. The number of benzene rings is 1. The van der Waals surface area contributed by atoms with E-state index in [2.05, 4.69) is 13.8 Å². The van der Waals surface area contributed by atoms with Crippen molar-refractivity contribution in [2.45, 2.75) is 26.9 Å². The summed E-state index contributed by atoms with van der Waals surface area (Å²) >= 11 is 5.91. The summed E-state index contributed by atoms with van der Waals surface area (Å²) in [6, 6.07) is 5.64. The monoisotopic (exact) mass is 227 g/mol. The molecule has 2 N–H and O–H groups in total. The summed E-state index contributed by atoms with van der Waals surface area (Å²) in [4.78, 5) is 0. The van der Waals surface area contributed by atoms with Crippen molar-refractivity contribution in [1.29, 1.82) is 0 Å². The van der Waals surface area contributed by atoms with Gasteiger partial charge in [-0.05, 0) is 30.5 Å². The minimum absolute atomic E-state index is 0.0437. The Kier molecular flexibility index (Phi) is 4.43. The molecular formula is C12H18ClNO. The predicted octanol–water partition coefficient (Wildman–Crippen LogP) is 3.01. The van der Waals surface area contributed by atoms with Crippen LogP contribution in [0.25, 0.3) is 0 Å². The van der Waals surface area contributed by atoms with E-state index >= 15 is 0 Å². The molecule has 1 rings (SSSR count). The van der Waals surface area contributed by atoms with Crippen molar-refractivity contribution >= 4 is 11.6 Å². The first-order valence-corrected chi connectivity index (χ1v) is 5.55. The van der Waals surface area contributed by atoms with Crippen molar-refractivity contribution in [3.8, 4) is 5.75 Å². The smallest absolute Gasteiger partial charge is 0.124 e. The predicted molar refractivity (Wildman–Crippen MR) is 64.5 cm³/mol. The molecule has 2 nitrogen and oxygen atoms in total. The number of aryl methyl sites for hydroxylation is 1. The van der Waals surface area contributed by atoms with E-state index in [4.69, 9.17) is 22.1 Å². The molecule has 0 heterocycles. The first-order valence-electron chi connectivity index (χ1n) is 5.17. The lowest BCUT2D eigenvalue weighted by atomic mass is 10.1. The van der Waals surface area contributed by atoms with E-state index in [1.807, 2.05) is 25.1 Å². The summed E-state index contributed by atoms with van der Waals surface area (Å²) in [5.41, 5.74) is 6.73. The average Bonchev–Trinajstić information content (AvgIpc) is 2.18. The molecule has 0 radical (unpaired) electrons. The van der Waals surface area contributed by atoms with Crippen LogP contribution in [0.1, 0.15) is 19.4 Å². The molecule has 0 spiro atoms. The summed E-state index contributed by atoms with van der Waals surface area (Å²) < 4.78 is 5.83. The van der Waals surface area contributed by atoms with Crippen molar-refractivity contribution in [1.82, 2.24) is 0 Å². The minimum Gasteiger partial charge on any atom is -0.489 e. The highest BCUT2D eigenvalue weighted by Gasteiger charge is 2.14. The fraction of sp³-hybridized carbons (Fsp3) is 0.500. The highest BCUT2D eigenvalue weighted by Crippen LogP contribution is 2.24. The van der Waals surface area contributed by atoms with E-state index in [9.17, 15) is 0 Å². The molecule has 1 aromatic carbocycles. The maximum atomic E-state index is 5.91. The zero-order chi connectivity index (χ0) is 11.4. The first-order chi connectivity index (χ1) is 7.04. The normalized spacial score (nSPS) is 12.9. The van der Waals surface area contributed by atoms with E-state index in [0.29, 0.717) is 17.5 Å². The molecule has 0 aliphatic rings. The maximum absolute atomic E-state index is 5.91. The van der Waals surface area contributed by atoms with Gasteiger partial charge in [0, 0.05) is 11.6 Å². The van der Waals surface area contributed by atoms with Gasteiger partial charge >= 0.3 is 0 Å². The van der Waals surface area contributed by atoms with Crippen LogP contribution in [0.2, 0.25) is 5.02 Å². The molecule has 0 aliphatic carbocycles. The SMILES string of the molecule is Cc1ccc(Cl)cc1OC(CN)C(C)C. The van der Waals surface area contributed by atoms with Crippen LogP contribution >= 0.6 is 11.6 Å². The van der Waals surface area contributed by atoms with E-state index in [1.54, 1.807) is 0 Å². The molecule has 1 atom stereocenters. The third-order valence-corrected chi connectivity index (χ3v) is 2.64. The molecule has 84 valence electrons. The molecule has 1 aromatic rings. The van der Waals surface area contributed by atoms with Crippen LogP contribution < -0.4 is 10.5 Å². The van der Waals surface area contributed by atoms with Gasteiger partial charge in [-0.2, -0.15) is 0 Å². The van der Waals surface area contributed by atoms with Gasteiger partial charge < -0.3 is 10.5 Å². The molecule has 0 amide bonds. The Morgan fingerprint density at radius 3 is 2.60 bits per heavy atom. The molecule has 3 heteroatoms. The largest absolute Gasteiger partial charge is 0.489 e. The molecule has 0 fully saturated rings. The number of ether oxygens (including phenoxy) is 1. The standard InChI is InChI=1S/C12H18ClNO/c1-8(2)12(7-14)15-11-6-10(13)5-4-9(11)3/h4-6,8,12H,7,14H2,1-3H3. The van der Waals surface area contributed by atoms with Crippen LogP contribution in [0.4, 0.5) is 0 Å². The summed E-state index contributed by atoms with van der Waals surface area (Å²) in [6.45, 7) is 6.71. The van der Waals surface area contributed by atoms with Gasteiger partial charge in [0.1, 0.15) is 11.9 Å². The minimum atomic E-state index is 0.0437. The van der Waals surface area contributed by atoms with Crippen molar-refractivity contribution < 1.29 is 4.74 Å². The number of rotatable bonds is 4. The maximum Gasteiger partial charge on any atom is 0.124 e. The second-order valence-corrected chi connectivity index (χ2v) is 4.48. The Labute approximate surface area is 96.4 Å². The van der Waals surface area contributed by atoms with Crippen LogP contribution in [-0.4, -0.2) is 12.6 Å². The molecule has 0 saturated heterocycles. The van der Waals surface area contributed by atoms with Gasteiger partial charge in [0.25, 0.3) is 0 Å².